The SMILES string of the molecule is C=C(CC(c1ccccc1)C1(O)c2ccccc2C(O)(C(CC(=C)C[Si](C)(C)C)c2ccccc2)N1C)C[Si](C)(C)C. The van der Waals surface area contributed by atoms with Gasteiger partial charge >= 0.3 is 0 Å². The molecule has 0 radical (unpaired) electrons. The molecule has 4 atom stereocenters. The predicted molar refractivity (Wildman–Crippen MR) is 184 cm³/mol. The van der Waals surface area contributed by atoms with E-state index in [0.29, 0.717) is 12.8 Å². The van der Waals surface area contributed by atoms with Gasteiger partial charge in [0.15, 0.2) is 11.4 Å². The molecule has 1 aliphatic rings. The fraction of sp³-hybridized carbons (Fsp3) is 0.405. The Kier molecular flexibility index (Phi) is 9.41. The Morgan fingerprint density at radius 3 is 1.24 bits per heavy atom. The highest BCUT2D eigenvalue weighted by atomic mass is 28.3. The lowest BCUT2D eigenvalue weighted by Crippen LogP contribution is -2.54. The fourth-order valence-electron chi connectivity index (χ4n) is 7.17. The number of aliphatic hydroxyl groups is 2. The number of hydrogen-bond donors (Lipinski definition) is 2. The summed E-state index contributed by atoms with van der Waals surface area (Å²) in [4.78, 5) is 1.86. The summed E-state index contributed by atoms with van der Waals surface area (Å²) in [5.41, 5.74) is 3.01. The van der Waals surface area contributed by atoms with Crippen molar-refractivity contribution in [3.63, 3.8) is 0 Å². The Labute approximate surface area is 256 Å². The van der Waals surface area contributed by atoms with Crippen molar-refractivity contribution in [2.24, 2.45) is 0 Å². The maximum Gasteiger partial charge on any atom is 0.154 e. The molecular weight excluding hydrogens is 547 g/mol. The predicted octanol–water partition coefficient (Wildman–Crippen LogP) is 9.06. The largest absolute Gasteiger partial charge is 0.371 e. The van der Waals surface area contributed by atoms with Crippen LogP contribution in [0.2, 0.25) is 51.4 Å². The standard InChI is InChI=1S/C37H51NO2Si2/c1-28(26-41(4,5)6)24-34(30-18-12-10-13-19-30)36(39)32-22-16-17-23-33(32)37(40,38(36)3)35(31-20-14-11-15-21-31)25-29(2)27-42(7,8)9/h10-23,34-35,39-40H,1-2,24-27H2,3-9H3. The maximum atomic E-state index is 13.1. The third kappa shape index (κ3) is 6.66. The molecule has 0 aromatic heterocycles. The van der Waals surface area contributed by atoms with Crippen molar-refractivity contribution in [3.05, 3.63) is 131 Å². The third-order valence-corrected chi connectivity index (χ3v) is 11.8. The van der Waals surface area contributed by atoms with Gasteiger partial charge in [-0.2, -0.15) is 0 Å². The summed E-state index contributed by atoms with van der Waals surface area (Å²) in [6.07, 6.45) is 1.27. The zero-order valence-electron chi connectivity index (χ0n) is 26.8. The molecule has 5 heteroatoms. The summed E-state index contributed by atoms with van der Waals surface area (Å²) in [6.45, 7) is 23.2. The topological polar surface area (TPSA) is 43.7 Å². The second kappa shape index (κ2) is 12.2. The van der Waals surface area contributed by atoms with E-state index in [0.717, 1.165) is 45.5 Å². The molecule has 0 saturated carbocycles. The highest BCUT2D eigenvalue weighted by Crippen LogP contribution is 2.59. The molecule has 224 valence electrons. The summed E-state index contributed by atoms with van der Waals surface area (Å²) in [6, 6.07) is 30.5. The number of hydrogen-bond acceptors (Lipinski definition) is 3. The zero-order chi connectivity index (χ0) is 30.9. The van der Waals surface area contributed by atoms with E-state index < -0.39 is 27.6 Å². The van der Waals surface area contributed by atoms with E-state index in [1.807, 2.05) is 72.6 Å². The zero-order valence-corrected chi connectivity index (χ0v) is 28.8. The molecular formula is C37H51NO2Si2. The number of nitrogens with zero attached hydrogens (tertiary/aromatic N) is 1. The number of fused-ring (bicyclic) bond motifs is 1. The van der Waals surface area contributed by atoms with Gasteiger partial charge in [0.1, 0.15) is 0 Å². The van der Waals surface area contributed by atoms with Crippen molar-refractivity contribution < 1.29 is 10.2 Å². The summed E-state index contributed by atoms with van der Waals surface area (Å²) < 4.78 is 0. The van der Waals surface area contributed by atoms with E-state index in [1.54, 1.807) is 0 Å². The lowest BCUT2D eigenvalue weighted by Gasteiger charge is -2.47. The number of benzene rings is 3. The van der Waals surface area contributed by atoms with Gasteiger partial charge in [0.25, 0.3) is 0 Å². The van der Waals surface area contributed by atoms with E-state index in [-0.39, 0.29) is 11.8 Å². The molecule has 3 nitrogen and oxygen atoms in total. The monoisotopic (exact) mass is 597 g/mol. The van der Waals surface area contributed by atoms with Crippen molar-refractivity contribution in [3.8, 4) is 0 Å². The first-order valence-electron chi connectivity index (χ1n) is 15.3. The lowest BCUT2D eigenvalue weighted by atomic mass is 9.79. The van der Waals surface area contributed by atoms with E-state index >= 15 is 0 Å². The minimum atomic E-state index is -1.46. The van der Waals surface area contributed by atoms with Crippen molar-refractivity contribution in [2.45, 2.75) is 87.5 Å². The van der Waals surface area contributed by atoms with E-state index in [4.69, 9.17) is 0 Å². The number of rotatable bonds is 12. The van der Waals surface area contributed by atoms with Crippen LogP contribution in [0.15, 0.2) is 109 Å². The van der Waals surface area contributed by atoms with Gasteiger partial charge in [0.2, 0.25) is 0 Å². The Balaban J connectivity index is 1.89. The molecule has 0 spiro atoms. The summed E-state index contributed by atoms with van der Waals surface area (Å²) in [5.74, 6) is -0.631. The molecule has 0 amide bonds. The van der Waals surface area contributed by atoms with Crippen LogP contribution in [0.1, 0.15) is 46.9 Å². The minimum absolute atomic E-state index is 0.315. The van der Waals surface area contributed by atoms with Gasteiger partial charge in [-0.05, 0) is 43.1 Å². The van der Waals surface area contributed by atoms with Crippen LogP contribution >= 0.6 is 0 Å². The smallest absolute Gasteiger partial charge is 0.154 e. The van der Waals surface area contributed by atoms with E-state index in [2.05, 4.69) is 76.7 Å². The molecule has 42 heavy (non-hydrogen) atoms. The third-order valence-electron chi connectivity index (χ3n) is 8.66. The van der Waals surface area contributed by atoms with E-state index in [1.165, 1.54) is 0 Å². The molecule has 0 aliphatic carbocycles. The van der Waals surface area contributed by atoms with Crippen molar-refractivity contribution >= 4 is 16.1 Å². The number of likely N-dealkylation sites (N-methyl/N-ethyl adjacent to an activating group) is 1. The normalized spacial score (nSPS) is 22.4. The number of allylic oxidation sites excluding steroid dienone is 2. The first-order chi connectivity index (χ1) is 19.6. The van der Waals surface area contributed by atoms with Crippen LogP contribution in [-0.2, 0) is 11.4 Å². The molecule has 4 unspecified atom stereocenters. The fourth-order valence-corrected chi connectivity index (χ4v) is 10.5. The van der Waals surface area contributed by atoms with Gasteiger partial charge in [-0.3, -0.25) is 0 Å². The first-order valence-corrected chi connectivity index (χ1v) is 22.7. The molecule has 0 bridgehead atoms. The molecule has 1 aliphatic heterocycles. The molecule has 1 heterocycles. The Hall–Kier alpha value is -2.55. The molecule has 4 rings (SSSR count). The lowest BCUT2D eigenvalue weighted by molar-refractivity contribution is -0.229. The quantitative estimate of drug-likeness (QED) is 0.162. The average Bonchev–Trinajstić information content (AvgIpc) is 3.09. The van der Waals surface area contributed by atoms with Gasteiger partial charge in [-0.15, -0.1) is 13.2 Å². The molecule has 2 N–H and O–H groups in total. The Morgan fingerprint density at radius 2 is 0.929 bits per heavy atom. The molecule has 3 aromatic rings. The van der Waals surface area contributed by atoms with Gasteiger partial charge < -0.3 is 10.2 Å². The van der Waals surface area contributed by atoms with Gasteiger partial charge in [-0.25, -0.2) is 4.90 Å². The maximum absolute atomic E-state index is 13.1. The summed E-state index contributed by atoms with van der Waals surface area (Å²) in [7, 11) is -0.942. The van der Waals surface area contributed by atoms with Crippen LogP contribution in [-0.4, -0.2) is 38.3 Å². The first kappa shape index (κ1) is 32.4. The second-order valence-corrected chi connectivity index (χ2v) is 25.8. The minimum Gasteiger partial charge on any atom is -0.371 e. The van der Waals surface area contributed by atoms with E-state index in [9.17, 15) is 10.2 Å². The average molecular weight is 598 g/mol. The highest BCUT2D eigenvalue weighted by Gasteiger charge is 2.61. The van der Waals surface area contributed by atoms with Crippen LogP contribution in [0.5, 0.6) is 0 Å². The summed E-state index contributed by atoms with van der Waals surface area (Å²) >= 11 is 0. The molecule has 3 aromatic carbocycles. The van der Waals surface area contributed by atoms with Gasteiger partial charge in [-0.1, -0.05) is 135 Å². The van der Waals surface area contributed by atoms with Crippen LogP contribution in [0.25, 0.3) is 0 Å². The van der Waals surface area contributed by atoms with Crippen LogP contribution in [0, 0.1) is 0 Å². The second-order valence-electron chi connectivity index (χ2n) is 14.9. The highest BCUT2D eigenvalue weighted by molar-refractivity contribution is 6.77. The molecule has 0 fully saturated rings. The Morgan fingerprint density at radius 1 is 0.619 bits per heavy atom. The van der Waals surface area contributed by atoms with Crippen molar-refractivity contribution in [1.82, 2.24) is 4.90 Å². The molecule has 0 saturated heterocycles. The van der Waals surface area contributed by atoms with Gasteiger partial charge in [0, 0.05) is 39.1 Å². The van der Waals surface area contributed by atoms with Crippen molar-refractivity contribution in [1.29, 1.82) is 0 Å². The van der Waals surface area contributed by atoms with Crippen LogP contribution < -0.4 is 0 Å². The van der Waals surface area contributed by atoms with Crippen LogP contribution in [0.4, 0.5) is 0 Å². The van der Waals surface area contributed by atoms with Crippen LogP contribution in [0.3, 0.4) is 0 Å². The Bertz CT molecular complexity index is 1290. The van der Waals surface area contributed by atoms with Gasteiger partial charge in [0.05, 0.1) is 0 Å². The van der Waals surface area contributed by atoms with Crippen molar-refractivity contribution in [2.75, 3.05) is 7.05 Å². The summed E-state index contributed by atoms with van der Waals surface area (Å²) in [5, 5.41) is 26.3.